The molecule has 0 fully saturated rings. The summed E-state index contributed by atoms with van der Waals surface area (Å²) in [5.74, 6) is -0.196. The molecule has 5 nitrogen and oxygen atoms in total. The molecule has 0 saturated heterocycles. The number of carbonyl (C=O) groups is 1. The number of aromatic nitrogens is 1. The first-order valence-electron chi connectivity index (χ1n) is 7.35. The van der Waals surface area contributed by atoms with Gasteiger partial charge in [0, 0.05) is 38.3 Å². The SMILES string of the molecule is COCCN(CCC(=O)OC)Cc1cccc2cccnc12. The number of ether oxygens (including phenoxy) is 2. The van der Waals surface area contributed by atoms with Crippen molar-refractivity contribution in [1.29, 1.82) is 0 Å². The molecule has 0 aliphatic heterocycles. The lowest BCUT2D eigenvalue weighted by atomic mass is 10.1. The zero-order chi connectivity index (χ0) is 15.8. The molecule has 118 valence electrons. The highest BCUT2D eigenvalue weighted by Crippen LogP contribution is 2.17. The summed E-state index contributed by atoms with van der Waals surface area (Å²) in [7, 11) is 3.09. The third-order valence-electron chi connectivity index (χ3n) is 3.58. The lowest BCUT2D eigenvalue weighted by Crippen LogP contribution is -2.29. The van der Waals surface area contributed by atoms with Gasteiger partial charge in [-0.3, -0.25) is 14.7 Å². The minimum Gasteiger partial charge on any atom is -0.469 e. The maximum absolute atomic E-state index is 11.4. The van der Waals surface area contributed by atoms with Crippen LogP contribution in [0.25, 0.3) is 10.9 Å². The Kier molecular flexibility index (Phi) is 6.30. The van der Waals surface area contributed by atoms with Gasteiger partial charge < -0.3 is 9.47 Å². The third-order valence-corrected chi connectivity index (χ3v) is 3.58. The molecule has 2 rings (SSSR count). The number of pyridine rings is 1. The summed E-state index contributed by atoms with van der Waals surface area (Å²) in [6.45, 7) is 2.75. The van der Waals surface area contributed by atoms with E-state index in [0.29, 0.717) is 19.6 Å². The van der Waals surface area contributed by atoms with Crippen LogP contribution in [0, 0.1) is 0 Å². The molecule has 1 aromatic heterocycles. The van der Waals surface area contributed by atoms with Gasteiger partial charge in [0.15, 0.2) is 0 Å². The minimum absolute atomic E-state index is 0.196. The number of benzene rings is 1. The predicted molar refractivity (Wildman–Crippen MR) is 85.5 cm³/mol. The van der Waals surface area contributed by atoms with Crippen LogP contribution in [-0.2, 0) is 20.8 Å². The van der Waals surface area contributed by atoms with Gasteiger partial charge in [-0.15, -0.1) is 0 Å². The number of hydrogen-bond acceptors (Lipinski definition) is 5. The van der Waals surface area contributed by atoms with Gasteiger partial charge in [-0.1, -0.05) is 24.3 Å². The first-order valence-corrected chi connectivity index (χ1v) is 7.35. The Labute approximate surface area is 130 Å². The largest absolute Gasteiger partial charge is 0.469 e. The minimum atomic E-state index is -0.196. The molecule has 0 N–H and O–H groups in total. The zero-order valence-electron chi connectivity index (χ0n) is 13.1. The molecule has 0 saturated carbocycles. The molecule has 0 spiro atoms. The van der Waals surface area contributed by atoms with Crippen LogP contribution in [0.4, 0.5) is 0 Å². The van der Waals surface area contributed by atoms with E-state index in [4.69, 9.17) is 9.47 Å². The Hall–Kier alpha value is -1.98. The highest BCUT2D eigenvalue weighted by atomic mass is 16.5. The maximum atomic E-state index is 11.4. The molecule has 5 heteroatoms. The van der Waals surface area contributed by atoms with Crippen LogP contribution in [0.15, 0.2) is 36.5 Å². The number of para-hydroxylation sites is 1. The van der Waals surface area contributed by atoms with E-state index in [1.807, 2.05) is 12.1 Å². The monoisotopic (exact) mass is 302 g/mol. The molecule has 2 aromatic rings. The second-order valence-corrected chi connectivity index (χ2v) is 5.09. The van der Waals surface area contributed by atoms with Crippen LogP contribution in [0.2, 0.25) is 0 Å². The van der Waals surface area contributed by atoms with Crippen molar-refractivity contribution in [3.63, 3.8) is 0 Å². The Balaban J connectivity index is 2.11. The number of carbonyl (C=O) groups excluding carboxylic acids is 1. The average molecular weight is 302 g/mol. The fourth-order valence-electron chi connectivity index (χ4n) is 2.38. The van der Waals surface area contributed by atoms with Gasteiger partial charge in [0.25, 0.3) is 0 Å². The van der Waals surface area contributed by atoms with E-state index < -0.39 is 0 Å². The molecular formula is C17H22N2O3. The summed E-state index contributed by atoms with van der Waals surface area (Å²) in [4.78, 5) is 18.0. The molecule has 0 radical (unpaired) electrons. The fourth-order valence-corrected chi connectivity index (χ4v) is 2.38. The average Bonchev–Trinajstić information content (AvgIpc) is 2.57. The number of nitrogens with zero attached hydrogens (tertiary/aromatic N) is 2. The van der Waals surface area contributed by atoms with Crippen LogP contribution >= 0.6 is 0 Å². The highest BCUT2D eigenvalue weighted by Gasteiger charge is 2.11. The van der Waals surface area contributed by atoms with Crippen LogP contribution in [0.3, 0.4) is 0 Å². The molecule has 0 aliphatic carbocycles. The Morgan fingerprint density at radius 1 is 1.18 bits per heavy atom. The second kappa shape index (κ2) is 8.46. The molecule has 1 heterocycles. The molecule has 1 aromatic carbocycles. The topological polar surface area (TPSA) is 51.7 Å². The van der Waals surface area contributed by atoms with E-state index in [-0.39, 0.29) is 5.97 Å². The normalized spacial score (nSPS) is 11.0. The number of fused-ring (bicyclic) bond motifs is 1. The molecule has 0 atom stereocenters. The zero-order valence-corrected chi connectivity index (χ0v) is 13.1. The number of esters is 1. The summed E-state index contributed by atoms with van der Waals surface area (Å²) in [6, 6.07) is 10.2. The van der Waals surface area contributed by atoms with Crippen molar-refractivity contribution < 1.29 is 14.3 Å². The fraction of sp³-hybridized carbons (Fsp3) is 0.412. The molecule has 0 aliphatic rings. The first-order chi connectivity index (χ1) is 10.7. The number of hydrogen-bond donors (Lipinski definition) is 0. The van der Waals surface area contributed by atoms with E-state index in [1.54, 1.807) is 13.3 Å². The Morgan fingerprint density at radius 3 is 2.77 bits per heavy atom. The van der Waals surface area contributed by atoms with E-state index in [9.17, 15) is 4.79 Å². The van der Waals surface area contributed by atoms with Crippen molar-refractivity contribution in [3.05, 3.63) is 42.1 Å². The van der Waals surface area contributed by atoms with Crippen molar-refractivity contribution in [2.45, 2.75) is 13.0 Å². The van der Waals surface area contributed by atoms with Crippen molar-refractivity contribution >= 4 is 16.9 Å². The van der Waals surface area contributed by atoms with Gasteiger partial charge in [-0.05, 0) is 11.6 Å². The smallest absolute Gasteiger partial charge is 0.306 e. The van der Waals surface area contributed by atoms with Gasteiger partial charge in [-0.25, -0.2) is 0 Å². The maximum Gasteiger partial charge on any atom is 0.306 e. The standard InChI is InChI=1S/C17H22N2O3/c1-21-12-11-19(10-8-16(20)22-2)13-15-6-3-5-14-7-4-9-18-17(14)15/h3-7,9H,8,10-13H2,1-2H3. The summed E-state index contributed by atoms with van der Waals surface area (Å²) in [5, 5.41) is 1.12. The van der Waals surface area contributed by atoms with Crippen LogP contribution in [0.5, 0.6) is 0 Å². The van der Waals surface area contributed by atoms with E-state index in [1.165, 1.54) is 7.11 Å². The summed E-state index contributed by atoms with van der Waals surface area (Å²) in [5.41, 5.74) is 2.16. The van der Waals surface area contributed by atoms with Crippen LogP contribution in [0.1, 0.15) is 12.0 Å². The van der Waals surface area contributed by atoms with Gasteiger partial charge >= 0.3 is 5.97 Å². The molecule has 22 heavy (non-hydrogen) atoms. The van der Waals surface area contributed by atoms with Crippen LogP contribution in [-0.4, -0.2) is 49.8 Å². The van der Waals surface area contributed by atoms with E-state index in [2.05, 4.69) is 28.1 Å². The predicted octanol–water partition coefficient (Wildman–Crippen LogP) is 2.25. The molecule has 0 amide bonds. The van der Waals surface area contributed by atoms with Gasteiger partial charge in [-0.2, -0.15) is 0 Å². The lowest BCUT2D eigenvalue weighted by Gasteiger charge is -2.22. The number of rotatable bonds is 8. The Morgan fingerprint density at radius 2 is 2.00 bits per heavy atom. The van der Waals surface area contributed by atoms with Gasteiger partial charge in [0.05, 0.1) is 25.7 Å². The first kappa shape index (κ1) is 16.4. The van der Waals surface area contributed by atoms with E-state index in [0.717, 1.165) is 29.6 Å². The van der Waals surface area contributed by atoms with Gasteiger partial charge in [0.1, 0.15) is 0 Å². The molecule has 0 unspecified atom stereocenters. The lowest BCUT2D eigenvalue weighted by molar-refractivity contribution is -0.141. The highest BCUT2D eigenvalue weighted by molar-refractivity contribution is 5.81. The van der Waals surface area contributed by atoms with Crippen molar-refractivity contribution in [2.24, 2.45) is 0 Å². The van der Waals surface area contributed by atoms with Crippen molar-refractivity contribution in [1.82, 2.24) is 9.88 Å². The third kappa shape index (κ3) is 4.51. The number of methoxy groups -OCH3 is 2. The quantitative estimate of drug-likeness (QED) is 0.700. The summed E-state index contributed by atoms with van der Waals surface area (Å²) >= 11 is 0. The van der Waals surface area contributed by atoms with E-state index >= 15 is 0 Å². The molecule has 0 bridgehead atoms. The van der Waals surface area contributed by atoms with Crippen LogP contribution < -0.4 is 0 Å². The summed E-state index contributed by atoms with van der Waals surface area (Å²) in [6.07, 6.45) is 2.18. The molecular weight excluding hydrogens is 280 g/mol. The van der Waals surface area contributed by atoms with Crippen molar-refractivity contribution in [3.8, 4) is 0 Å². The second-order valence-electron chi connectivity index (χ2n) is 5.09. The van der Waals surface area contributed by atoms with Crippen molar-refractivity contribution in [2.75, 3.05) is 33.9 Å². The Bertz CT molecular complexity index is 610. The van der Waals surface area contributed by atoms with Gasteiger partial charge in [0.2, 0.25) is 0 Å². The summed E-state index contributed by atoms with van der Waals surface area (Å²) < 4.78 is 9.87.